The molecule has 0 aliphatic heterocycles. The van der Waals surface area contributed by atoms with Crippen molar-refractivity contribution in [1.82, 2.24) is 5.32 Å². The minimum Gasteiger partial charge on any atom is -0.376 e. The topological polar surface area (TPSA) is 64.3 Å². The van der Waals surface area contributed by atoms with Crippen molar-refractivity contribution in [2.45, 2.75) is 38.3 Å². The highest BCUT2D eigenvalue weighted by Gasteiger charge is 2.49. The summed E-state index contributed by atoms with van der Waals surface area (Å²) in [4.78, 5) is 11.4. The molecule has 0 aromatic carbocycles. The maximum atomic E-state index is 11.4. The number of hydrogen-bond donors (Lipinski definition) is 2. The van der Waals surface area contributed by atoms with Crippen LogP contribution in [0.2, 0.25) is 0 Å². The van der Waals surface area contributed by atoms with Gasteiger partial charge in [0.1, 0.15) is 5.54 Å². The summed E-state index contributed by atoms with van der Waals surface area (Å²) in [5.41, 5.74) is 4.78. The van der Waals surface area contributed by atoms with Gasteiger partial charge in [0.05, 0.1) is 12.7 Å². The average Bonchev–Trinajstić information content (AvgIpc) is 2.89. The second kappa shape index (κ2) is 4.28. The number of carbonyl (C=O) groups is 1. The Hall–Kier alpha value is -0.610. The normalized spacial score (nSPS) is 20.9. The van der Waals surface area contributed by atoms with Gasteiger partial charge in [-0.05, 0) is 39.7 Å². The number of nitrogens with one attached hydrogen (secondary N) is 1. The van der Waals surface area contributed by atoms with Crippen molar-refractivity contribution >= 4 is 5.91 Å². The van der Waals surface area contributed by atoms with Gasteiger partial charge in [-0.3, -0.25) is 4.79 Å². The Bertz CT molecular complexity index is 214. The molecule has 0 saturated heterocycles. The molecule has 0 spiro atoms. The Labute approximate surface area is 85.2 Å². The zero-order chi connectivity index (χ0) is 10.8. The van der Waals surface area contributed by atoms with Crippen molar-refractivity contribution in [3.63, 3.8) is 0 Å². The maximum Gasteiger partial charge on any atom is 0.240 e. The van der Waals surface area contributed by atoms with E-state index in [-0.39, 0.29) is 12.0 Å². The third-order valence-corrected chi connectivity index (χ3v) is 2.80. The van der Waals surface area contributed by atoms with Crippen LogP contribution >= 0.6 is 0 Å². The third-order valence-electron chi connectivity index (χ3n) is 2.80. The number of primary amides is 1. The quantitative estimate of drug-likeness (QED) is 0.646. The van der Waals surface area contributed by atoms with Gasteiger partial charge in [0.25, 0.3) is 0 Å². The van der Waals surface area contributed by atoms with E-state index in [4.69, 9.17) is 10.5 Å². The molecule has 0 aromatic heterocycles. The number of nitrogens with two attached hydrogens (primary N) is 1. The molecule has 3 N–H and O–H groups in total. The molecule has 82 valence electrons. The summed E-state index contributed by atoms with van der Waals surface area (Å²) >= 11 is 0. The second-order valence-electron chi connectivity index (χ2n) is 4.22. The SMILES string of the molecule is CNC(COC(C)C)(C(N)=O)C1CC1. The summed E-state index contributed by atoms with van der Waals surface area (Å²) in [6.45, 7) is 4.28. The van der Waals surface area contributed by atoms with Crippen LogP contribution in [0.1, 0.15) is 26.7 Å². The molecule has 0 heterocycles. The lowest BCUT2D eigenvalue weighted by Gasteiger charge is -2.30. The van der Waals surface area contributed by atoms with Gasteiger partial charge in [-0.1, -0.05) is 0 Å². The van der Waals surface area contributed by atoms with Gasteiger partial charge in [-0.25, -0.2) is 0 Å². The van der Waals surface area contributed by atoms with Crippen LogP contribution in [0.15, 0.2) is 0 Å². The minimum absolute atomic E-state index is 0.126. The van der Waals surface area contributed by atoms with E-state index in [2.05, 4.69) is 5.32 Å². The largest absolute Gasteiger partial charge is 0.376 e. The van der Waals surface area contributed by atoms with Gasteiger partial charge in [0.2, 0.25) is 5.91 Å². The smallest absolute Gasteiger partial charge is 0.240 e. The fourth-order valence-corrected chi connectivity index (χ4v) is 1.66. The molecule has 1 aliphatic carbocycles. The van der Waals surface area contributed by atoms with E-state index in [0.29, 0.717) is 12.5 Å². The van der Waals surface area contributed by atoms with Crippen LogP contribution in [0.5, 0.6) is 0 Å². The zero-order valence-corrected chi connectivity index (χ0v) is 9.17. The van der Waals surface area contributed by atoms with Crippen molar-refractivity contribution in [3.8, 4) is 0 Å². The van der Waals surface area contributed by atoms with Gasteiger partial charge in [0, 0.05) is 0 Å². The Kier molecular flexibility index (Phi) is 3.50. The van der Waals surface area contributed by atoms with Gasteiger partial charge < -0.3 is 15.8 Å². The summed E-state index contributed by atoms with van der Waals surface area (Å²) in [6, 6.07) is 0. The van der Waals surface area contributed by atoms with Gasteiger partial charge in [-0.2, -0.15) is 0 Å². The molecule has 1 aliphatic rings. The van der Waals surface area contributed by atoms with Gasteiger partial charge >= 0.3 is 0 Å². The van der Waals surface area contributed by atoms with E-state index in [0.717, 1.165) is 12.8 Å². The molecular formula is C10H20N2O2. The monoisotopic (exact) mass is 200 g/mol. The van der Waals surface area contributed by atoms with Gasteiger partial charge in [0.15, 0.2) is 0 Å². The first-order valence-corrected chi connectivity index (χ1v) is 5.13. The molecule has 1 amide bonds. The predicted octanol–water partition coefficient (Wildman–Crippen LogP) is 0.265. The van der Waals surface area contributed by atoms with Crippen LogP contribution < -0.4 is 11.1 Å². The lowest BCUT2D eigenvalue weighted by molar-refractivity contribution is -0.128. The van der Waals surface area contributed by atoms with E-state index >= 15 is 0 Å². The van der Waals surface area contributed by atoms with E-state index in [1.165, 1.54) is 0 Å². The van der Waals surface area contributed by atoms with Crippen molar-refractivity contribution in [2.24, 2.45) is 11.7 Å². The van der Waals surface area contributed by atoms with Crippen LogP contribution in [-0.2, 0) is 9.53 Å². The zero-order valence-electron chi connectivity index (χ0n) is 9.17. The molecule has 1 rings (SSSR count). The molecule has 1 fully saturated rings. The summed E-state index contributed by atoms with van der Waals surface area (Å²) in [7, 11) is 1.77. The lowest BCUT2D eigenvalue weighted by Crippen LogP contribution is -2.59. The summed E-state index contributed by atoms with van der Waals surface area (Å²) in [5, 5.41) is 3.03. The highest BCUT2D eigenvalue weighted by atomic mass is 16.5. The first kappa shape index (κ1) is 11.5. The van der Waals surface area contributed by atoms with E-state index in [1.54, 1.807) is 7.05 Å². The maximum absolute atomic E-state index is 11.4. The number of rotatable bonds is 6. The first-order valence-electron chi connectivity index (χ1n) is 5.13. The Morgan fingerprint density at radius 3 is 2.50 bits per heavy atom. The summed E-state index contributed by atoms with van der Waals surface area (Å²) in [6.07, 6.45) is 2.25. The minimum atomic E-state index is -0.649. The van der Waals surface area contributed by atoms with E-state index in [9.17, 15) is 4.79 Å². The fourth-order valence-electron chi connectivity index (χ4n) is 1.66. The van der Waals surface area contributed by atoms with Gasteiger partial charge in [-0.15, -0.1) is 0 Å². The van der Waals surface area contributed by atoms with Crippen molar-refractivity contribution in [2.75, 3.05) is 13.7 Å². The van der Waals surface area contributed by atoms with Crippen LogP contribution in [0, 0.1) is 5.92 Å². The Balaban J connectivity index is 2.63. The highest BCUT2D eigenvalue weighted by molar-refractivity contribution is 5.85. The van der Waals surface area contributed by atoms with E-state index < -0.39 is 5.54 Å². The molecule has 1 unspecified atom stereocenters. The van der Waals surface area contributed by atoms with Crippen molar-refractivity contribution < 1.29 is 9.53 Å². The molecule has 0 radical (unpaired) electrons. The first-order chi connectivity index (χ1) is 6.53. The van der Waals surface area contributed by atoms with Crippen LogP contribution in [0.4, 0.5) is 0 Å². The molecule has 4 heteroatoms. The summed E-state index contributed by atoms with van der Waals surface area (Å²) < 4.78 is 5.50. The predicted molar refractivity (Wildman–Crippen MR) is 54.8 cm³/mol. The lowest BCUT2D eigenvalue weighted by atomic mass is 9.93. The molecule has 0 bridgehead atoms. The number of ether oxygens (including phenoxy) is 1. The second-order valence-corrected chi connectivity index (χ2v) is 4.22. The molecule has 14 heavy (non-hydrogen) atoms. The number of carbonyl (C=O) groups excluding carboxylic acids is 1. The molecule has 4 nitrogen and oxygen atoms in total. The number of amides is 1. The number of likely N-dealkylation sites (N-methyl/N-ethyl adjacent to an activating group) is 1. The van der Waals surface area contributed by atoms with Crippen LogP contribution in [-0.4, -0.2) is 31.2 Å². The Morgan fingerprint density at radius 1 is 1.64 bits per heavy atom. The highest BCUT2D eigenvalue weighted by Crippen LogP contribution is 2.39. The average molecular weight is 200 g/mol. The van der Waals surface area contributed by atoms with Crippen molar-refractivity contribution in [1.29, 1.82) is 0 Å². The molecule has 1 saturated carbocycles. The molecule has 1 atom stereocenters. The van der Waals surface area contributed by atoms with E-state index in [1.807, 2.05) is 13.8 Å². The standard InChI is InChI=1S/C10H20N2O2/c1-7(2)14-6-10(12-3,9(11)13)8-4-5-8/h7-8,12H,4-6H2,1-3H3,(H2,11,13). The molecular weight excluding hydrogens is 180 g/mol. The summed E-state index contributed by atoms with van der Waals surface area (Å²) in [5.74, 6) is 0.0481. The van der Waals surface area contributed by atoms with Crippen LogP contribution in [0.25, 0.3) is 0 Å². The number of hydrogen-bond acceptors (Lipinski definition) is 3. The van der Waals surface area contributed by atoms with Crippen molar-refractivity contribution in [3.05, 3.63) is 0 Å². The fraction of sp³-hybridized carbons (Fsp3) is 0.900. The van der Waals surface area contributed by atoms with Crippen LogP contribution in [0.3, 0.4) is 0 Å². The Morgan fingerprint density at radius 2 is 2.21 bits per heavy atom. The third kappa shape index (κ3) is 2.25. The molecule has 0 aromatic rings.